The third-order valence-electron chi connectivity index (χ3n) is 2.95. The number of carbonyl (C=O) groups is 1. The minimum atomic E-state index is 0.0189. The summed E-state index contributed by atoms with van der Waals surface area (Å²) in [6.45, 7) is 5.97. The number of aryl methyl sites for hydroxylation is 1. The molecule has 0 aromatic heterocycles. The highest BCUT2D eigenvalue weighted by atomic mass is 35.5. The number of amides is 1. The Morgan fingerprint density at radius 3 is 2.33 bits per heavy atom. The summed E-state index contributed by atoms with van der Waals surface area (Å²) in [5.74, 6) is 0.0189. The zero-order valence-electron chi connectivity index (χ0n) is 11.3. The molecular weight excluding hydrogens is 248 g/mol. The van der Waals surface area contributed by atoms with Crippen LogP contribution < -0.4 is 10.2 Å². The van der Waals surface area contributed by atoms with Gasteiger partial charge >= 0.3 is 0 Å². The zero-order chi connectivity index (χ0) is 13.5. The van der Waals surface area contributed by atoms with Crippen molar-refractivity contribution in [3.63, 3.8) is 0 Å². The summed E-state index contributed by atoms with van der Waals surface area (Å²) in [6.07, 6.45) is 2.78. The Hall–Kier alpha value is -1.06. The Balaban J connectivity index is 0.000000269. The van der Waals surface area contributed by atoms with Crippen molar-refractivity contribution in [2.75, 3.05) is 25.0 Å². The molecule has 0 atom stereocenters. The normalized spacial score (nSPS) is 13.8. The number of hydrogen-bond acceptors (Lipinski definition) is 2. The number of nitrogens with one attached hydrogen (secondary N) is 1. The van der Waals surface area contributed by atoms with Crippen molar-refractivity contribution in [1.29, 1.82) is 0 Å². The van der Waals surface area contributed by atoms with Crippen LogP contribution in [0.25, 0.3) is 0 Å². The summed E-state index contributed by atoms with van der Waals surface area (Å²) in [4.78, 5) is 12.7. The molecule has 0 aliphatic carbocycles. The molecule has 0 saturated carbocycles. The first-order valence-electron chi connectivity index (χ1n) is 6.23. The molecule has 1 aliphatic heterocycles. The summed E-state index contributed by atoms with van der Waals surface area (Å²) >= 11 is 5.80. The molecule has 1 N–H and O–H groups in total. The molecular formula is C14H21ClN2O. The average molecular weight is 269 g/mol. The van der Waals surface area contributed by atoms with Gasteiger partial charge in [-0.05, 0) is 56.6 Å². The van der Waals surface area contributed by atoms with Crippen molar-refractivity contribution in [3.05, 3.63) is 28.8 Å². The van der Waals surface area contributed by atoms with Gasteiger partial charge in [-0.2, -0.15) is 0 Å². The molecule has 0 spiro atoms. The van der Waals surface area contributed by atoms with E-state index in [0.29, 0.717) is 5.02 Å². The lowest BCUT2D eigenvalue weighted by Gasteiger charge is -2.17. The van der Waals surface area contributed by atoms with Gasteiger partial charge in [0.25, 0.3) is 0 Å². The minimum Gasteiger partial charge on any atom is -0.317 e. The van der Waals surface area contributed by atoms with Gasteiger partial charge in [0.15, 0.2) is 0 Å². The predicted molar refractivity (Wildman–Crippen MR) is 77.4 cm³/mol. The molecule has 1 amide bonds. The maximum atomic E-state index is 11.1. The molecule has 3 nitrogen and oxygen atoms in total. The summed E-state index contributed by atoms with van der Waals surface area (Å²) in [5, 5.41) is 3.92. The number of carbonyl (C=O) groups excluding carboxylic acids is 1. The van der Waals surface area contributed by atoms with E-state index in [1.807, 2.05) is 19.1 Å². The molecule has 1 saturated heterocycles. The van der Waals surface area contributed by atoms with E-state index in [2.05, 4.69) is 5.32 Å². The molecule has 2 rings (SSSR count). The quantitative estimate of drug-likeness (QED) is 0.849. The summed E-state index contributed by atoms with van der Waals surface area (Å²) in [5.41, 5.74) is 1.90. The molecule has 18 heavy (non-hydrogen) atoms. The number of halogens is 1. The molecule has 0 radical (unpaired) electrons. The Bertz CT molecular complexity index is 395. The fourth-order valence-corrected chi connectivity index (χ4v) is 2.02. The van der Waals surface area contributed by atoms with Crippen LogP contribution in [0.1, 0.15) is 25.3 Å². The second kappa shape index (κ2) is 7.39. The van der Waals surface area contributed by atoms with Gasteiger partial charge in [-0.15, -0.1) is 0 Å². The molecule has 1 aromatic carbocycles. The number of hydrogen-bond donors (Lipinski definition) is 1. The smallest absolute Gasteiger partial charge is 0.223 e. The number of rotatable bonds is 1. The van der Waals surface area contributed by atoms with Gasteiger partial charge in [0.1, 0.15) is 0 Å². The van der Waals surface area contributed by atoms with Crippen molar-refractivity contribution in [3.8, 4) is 0 Å². The van der Waals surface area contributed by atoms with E-state index >= 15 is 0 Å². The van der Waals surface area contributed by atoms with Crippen LogP contribution in [0, 0.1) is 6.92 Å². The van der Waals surface area contributed by atoms with Crippen LogP contribution in [0.4, 0.5) is 5.69 Å². The standard InChI is InChI=1S/C10H12ClNO.C4H9N/c1-7-6-9(11)4-5-10(7)12(3)8(2)13;1-2-4-5-3-1/h4-6H,1-3H3;5H,1-4H2. The van der Waals surface area contributed by atoms with Crippen molar-refractivity contribution in [2.24, 2.45) is 0 Å². The van der Waals surface area contributed by atoms with Gasteiger partial charge in [0, 0.05) is 24.7 Å². The van der Waals surface area contributed by atoms with E-state index in [-0.39, 0.29) is 5.91 Å². The van der Waals surface area contributed by atoms with Crippen molar-refractivity contribution in [1.82, 2.24) is 5.32 Å². The van der Waals surface area contributed by atoms with Crippen LogP contribution in [-0.4, -0.2) is 26.0 Å². The summed E-state index contributed by atoms with van der Waals surface area (Å²) < 4.78 is 0. The van der Waals surface area contributed by atoms with Gasteiger partial charge in [-0.1, -0.05) is 11.6 Å². The van der Waals surface area contributed by atoms with Crippen molar-refractivity contribution < 1.29 is 4.79 Å². The van der Waals surface area contributed by atoms with Crippen LogP contribution >= 0.6 is 11.6 Å². The molecule has 1 aliphatic rings. The fraction of sp³-hybridized carbons (Fsp3) is 0.500. The van der Waals surface area contributed by atoms with E-state index in [4.69, 9.17) is 11.6 Å². The highest BCUT2D eigenvalue weighted by molar-refractivity contribution is 6.30. The molecule has 4 heteroatoms. The Kier molecular flexibility index (Phi) is 6.16. The molecule has 0 unspecified atom stereocenters. The second-order valence-electron chi connectivity index (χ2n) is 4.47. The maximum Gasteiger partial charge on any atom is 0.223 e. The van der Waals surface area contributed by atoms with Gasteiger partial charge < -0.3 is 10.2 Å². The predicted octanol–water partition coefficient (Wildman–Crippen LogP) is 3.00. The largest absolute Gasteiger partial charge is 0.317 e. The fourth-order valence-electron chi connectivity index (χ4n) is 1.79. The van der Waals surface area contributed by atoms with Gasteiger partial charge in [-0.25, -0.2) is 0 Å². The SMILES string of the molecule is C1CCNC1.CC(=O)N(C)c1ccc(Cl)cc1C. The first-order chi connectivity index (χ1) is 8.52. The second-order valence-corrected chi connectivity index (χ2v) is 4.90. The molecule has 100 valence electrons. The van der Waals surface area contributed by atoms with Crippen LogP contribution in [-0.2, 0) is 4.79 Å². The Morgan fingerprint density at radius 2 is 1.94 bits per heavy atom. The lowest BCUT2D eigenvalue weighted by Crippen LogP contribution is -2.23. The van der Waals surface area contributed by atoms with Crippen LogP contribution in [0.2, 0.25) is 5.02 Å². The van der Waals surface area contributed by atoms with Gasteiger partial charge in [0.05, 0.1) is 0 Å². The highest BCUT2D eigenvalue weighted by Gasteiger charge is 2.07. The maximum absolute atomic E-state index is 11.1. The van der Waals surface area contributed by atoms with Crippen molar-refractivity contribution >= 4 is 23.2 Å². The van der Waals surface area contributed by atoms with E-state index in [1.165, 1.54) is 32.9 Å². The van der Waals surface area contributed by atoms with Crippen molar-refractivity contribution in [2.45, 2.75) is 26.7 Å². The van der Waals surface area contributed by atoms with Gasteiger partial charge in [-0.3, -0.25) is 4.79 Å². The van der Waals surface area contributed by atoms with E-state index < -0.39 is 0 Å². The third kappa shape index (κ3) is 4.67. The molecule has 1 heterocycles. The monoisotopic (exact) mass is 268 g/mol. The zero-order valence-corrected chi connectivity index (χ0v) is 12.0. The van der Waals surface area contributed by atoms with E-state index in [0.717, 1.165) is 11.3 Å². The Labute approximate surface area is 114 Å². The topological polar surface area (TPSA) is 32.3 Å². The summed E-state index contributed by atoms with van der Waals surface area (Å²) in [7, 11) is 1.75. The van der Waals surface area contributed by atoms with Crippen LogP contribution in [0.15, 0.2) is 18.2 Å². The lowest BCUT2D eigenvalue weighted by molar-refractivity contribution is -0.116. The highest BCUT2D eigenvalue weighted by Crippen LogP contribution is 2.22. The first kappa shape index (κ1) is 15.0. The van der Waals surface area contributed by atoms with E-state index in [9.17, 15) is 4.79 Å². The third-order valence-corrected chi connectivity index (χ3v) is 3.18. The molecule has 1 fully saturated rings. The van der Waals surface area contributed by atoms with Gasteiger partial charge in [0.2, 0.25) is 5.91 Å². The first-order valence-corrected chi connectivity index (χ1v) is 6.61. The molecule has 1 aromatic rings. The van der Waals surface area contributed by atoms with Crippen LogP contribution in [0.5, 0.6) is 0 Å². The molecule has 0 bridgehead atoms. The lowest BCUT2D eigenvalue weighted by atomic mass is 10.2. The average Bonchev–Trinajstić information content (AvgIpc) is 2.86. The van der Waals surface area contributed by atoms with Crippen LogP contribution in [0.3, 0.4) is 0 Å². The minimum absolute atomic E-state index is 0.0189. The Morgan fingerprint density at radius 1 is 1.33 bits per heavy atom. The van der Waals surface area contributed by atoms with E-state index in [1.54, 1.807) is 18.0 Å². The number of nitrogens with zero attached hydrogens (tertiary/aromatic N) is 1. The number of anilines is 1. The summed E-state index contributed by atoms with van der Waals surface area (Å²) in [6, 6.07) is 5.47. The number of benzene rings is 1.